The van der Waals surface area contributed by atoms with E-state index in [1.165, 1.54) is 23.9 Å². The molecule has 1 aromatic carbocycles. The van der Waals surface area contributed by atoms with Gasteiger partial charge in [-0.15, -0.1) is 0 Å². The second kappa shape index (κ2) is 8.96. The van der Waals surface area contributed by atoms with E-state index in [2.05, 4.69) is 10.6 Å². The van der Waals surface area contributed by atoms with Gasteiger partial charge in [0, 0.05) is 44.2 Å². The van der Waals surface area contributed by atoms with Gasteiger partial charge in [0.05, 0.1) is 12.1 Å². The summed E-state index contributed by atoms with van der Waals surface area (Å²) >= 11 is 0. The Hall–Kier alpha value is -3.62. The van der Waals surface area contributed by atoms with Crippen LogP contribution in [0.1, 0.15) is 47.1 Å². The molecule has 1 aromatic heterocycles. The third-order valence-corrected chi connectivity index (χ3v) is 6.16. The zero-order valence-corrected chi connectivity index (χ0v) is 19.8. The van der Waals surface area contributed by atoms with E-state index in [9.17, 15) is 19.2 Å². The van der Waals surface area contributed by atoms with E-state index >= 15 is 0 Å². The molecule has 2 aliphatic rings. The van der Waals surface area contributed by atoms with Gasteiger partial charge in [-0.2, -0.15) is 0 Å². The summed E-state index contributed by atoms with van der Waals surface area (Å²) in [6.07, 6.45) is 1.15. The molecule has 3 amide bonds. The van der Waals surface area contributed by atoms with E-state index in [0.29, 0.717) is 13.1 Å². The number of nitrogens with zero attached hydrogens (tertiary/aromatic N) is 2. The van der Waals surface area contributed by atoms with Crippen molar-refractivity contribution in [2.24, 2.45) is 11.8 Å². The van der Waals surface area contributed by atoms with E-state index in [-0.39, 0.29) is 47.5 Å². The van der Waals surface area contributed by atoms with Crippen LogP contribution in [0.25, 0.3) is 0 Å². The van der Waals surface area contributed by atoms with Crippen LogP contribution in [0, 0.1) is 11.8 Å². The lowest BCUT2D eigenvalue weighted by molar-refractivity contribution is 0.0269. The van der Waals surface area contributed by atoms with Gasteiger partial charge in [-0.1, -0.05) is 30.3 Å². The number of aromatic nitrogens is 1. The highest BCUT2D eigenvalue weighted by Gasteiger charge is 2.58. The second-order valence-corrected chi connectivity index (χ2v) is 9.85. The first-order valence-electron chi connectivity index (χ1n) is 11.4. The predicted molar refractivity (Wildman–Crippen MR) is 126 cm³/mol. The highest BCUT2D eigenvalue weighted by molar-refractivity contribution is 5.99. The molecule has 9 nitrogen and oxygen atoms in total. The van der Waals surface area contributed by atoms with Gasteiger partial charge in [0.1, 0.15) is 11.2 Å². The molecule has 1 aliphatic carbocycles. The van der Waals surface area contributed by atoms with Gasteiger partial charge in [-0.25, -0.2) is 4.79 Å². The SMILES string of the molecule is CNC(=O)c1cc(C(=O)N[C@@H]2[C@@H]3CN(C(=O)OC(C)(C)C)C[C@@H]32)cn(Cc2ccccc2)c1=O. The van der Waals surface area contributed by atoms with Crippen LogP contribution in [0.4, 0.5) is 4.79 Å². The summed E-state index contributed by atoms with van der Waals surface area (Å²) < 4.78 is 6.81. The number of carbonyl (C=O) groups is 3. The Morgan fingerprint density at radius 3 is 2.29 bits per heavy atom. The summed E-state index contributed by atoms with van der Waals surface area (Å²) in [5.74, 6) is -0.553. The van der Waals surface area contributed by atoms with Crippen LogP contribution in [0.15, 0.2) is 47.4 Å². The third-order valence-electron chi connectivity index (χ3n) is 6.16. The number of piperidine rings is 1. The van der Waals surface area contributed by atoms with Gasteiger partial charge in [0.15, 0.2) is 0 Å². The Morgan fingerprint density at radius 2 is 1.71 bits per heavy atom. The average Bonchev–Trinajstić information content (AvgIpc) is 3.21. The summed E-state index contributed by atoms with van der Waals surface area (Å²) in [6, 6.07) is 10.6. The smallest absolute Gasteiger partial charge is 0.410 e. The zero-order valence-electron chi connectivity index (χ0n) is 19.8. The molecule has 180 valence electrons. The Morgan fingerprint density at radius 1 is 1.06 bits per heavy atom. The molecular weight excluding hydrogens is 436 g/mol. The number of pyridine rings is 1. The van der Waals surface area contributed by atoms with Gasteiger partial charge < -0.3 is 24.8 Å². The lowest BCUT2D eigenvalue weighted by Gasteiger charge is -2.26. The molecule has 1 saturated heterocycles. The van der Waals surface area contributed by atoms with Gasteiger partial charge in [0.2, 0.25) is 0 Å². The van der Waals surface area contributed by atoms with Crippen LogP contribution in [0.3, 0.4) is 0 Å². The summed E-state index contributed by atoms with van der Waals surface area (Å²) in [4.78, 5) is 52.2. The maximum Gasteiger partial charge on any atom is 0.410 e. The van der Waals surface area contributed by atoms with E-state index in [0.717, 1.165) is 5.56 Å². The van der Waals surface area contributed by atoms with E-state index in [1.54, 1.807) is 4.90 Å². The van der Waals surface area contributed by atoms with Gasteiger partial charge >= 0.3 is 6.09 Å². The largest absolute Gasteiger partial charge is 0.444 e. The fourth-order valence-corrected chi connectivity index (χ4v) is 4.41. The molecule has 34 heavy (non-hydrogen) atoms. The molecule has 0 bridgehead atoms. The molecule has 0 radical (unpaired) electrons. The standard InChI is InChI=1S/C25H30N4O5/c1-25(2,3)34-24(33)29-13-18-19(14-29)20(18)27-21(30)16-10-17(22(31)26-4)23(32)28(12-16)11-15-8-6-5-7-9-15/h5-10,12,18-20H,11,13-14H2,1-4H3,(H,26,31)(H,27,30)/t18-,19+,20-. The number of amides is 3. The number of likely N-dealkylation sites (tertiary alicyclic amines) is 1. The van der Waals surface area contributed by atoms with Crippen LogP contribution < -0.4 is 16.2 Å². The minimum Gasteiger partial charge on any atom is -0.444 e. The van der Waals surface area contributed by atoms with E-state index < -0.39 is 17.1 Å². The number of rotatable bonds is 5. The molecular formula is C25H30N4O5. The van der Waals surface area contributed by atoms with Crippen molar-refractivity contribution in [2.45, 2.75) is 39.0 Å². The summed E-state index contributed by atoms with van der Waals surface area (Å²) in [5, 5.41) is 5.47. The number of carbonyl (C=O) groups excluding carboxylic acids is 3. The predicted octanol–water partition coefficient (Wildman–Crippen LogP) is 1.85. The lowest BCUT2D eigenvalue weighted by Crippen LogP contribution is -2.40. The van der Waals surface area contributed by atoms with Crippen LogP contribution in [0.5, 0.6) is 0 Å². The quantitative estimate of drug-likeness (QED) is 0.699. The number of benzene rings is 1. The van der Waals surface area contributed by atoms with Crippen molar-refractivity contribution < 1.29 is 19.1 Å². The van der Waals surface area contributed by atoms with Crippen molar-refractivity contribution in [3.8, 4) is 0 Å². The van der Waals surface area contributed by atoms with E-state index in [1.807, 2.05) is 51.1 Å². The fourth-order valence-electron chi connectivity index (χ4n) is 4.41. The number of hydrogen-bond acceptors (Lipinski definition) is 5. The topological polar surface area (TPSA) is 110 Å². The minimum absolute atomic E-state index is 0.0517. The minimum atomic E-state index is -0.553. The van der Waals surface area contributed by atoms with Crippen molar-refractivity contribution in [1.82, 2.24) is 20.1 Å². The molecule has 1 aliphatic heterocycles. The Labute approximate surface area is 198 Å². The highest BCUT2D eigenvalue weighted by Crippen LogP contribution is 2.45. The van der Waals surface area contributed by atoms with E-state index in [4.69, 9.17) is 4.74 Å². The normalized spacial score (nSPS) is 20.9. The molecule has 1 saturated carbocycles. The molecule has 0 spiro atoms. The first-order chi connectivity index (χ1) is 16.1. The Balaban J connectivity index is 1.47. The first-order valence-corrected chi connectivity index (χ1v) is 11.4. The molecule has 0 unspecified atom stereocenters. The molecule has 2 heterocycles. The third kappa shape index (κ3) is 4.98. The molecule has 2 aromatic rings. The lowest BCUT2D eigenvalue weighted by atomic mass is 10.1. The van der Waals surface area contributed by atoms with Crippen molar-refractivity contribution in [1.29, 1.82) is 0 Å². The van der Waals surface area contributed by atoms with Crippen molar-refractivity contribution >= 4 is 17.9 Å². The zero-order chi connectivity index (χ0) is 24.6. The molecule has 9 heteroatoms. The molecule has 2 N–H and O–H groups in total. The van der Waals surface area contributed by atoms with Crippen molar-refractivity contribution in [3.63, 3.8) is 0 Å². The Kier molecular flexibility index (Phi) is 6.20. The van der Waals surface area contributed by atoms with Gasteiger partial charge in [-0.3, -0.25) is 14.4 Å². The maximum atomic E-state index is 13.0. The maximum absolute atomic E-state index is 13.0. The fraction of sp³-hybridized carbons (Fsp3) is 0.440. The number of nitrogens with one attached hydrogen (secondary N) is 2. The van der Waals surface area contributed by atoms with Gasteiger partial charge in [0.25, 0.3) is 17.4 Å². The number of hydrogen-bond donors (Lipinski definition) is 2. The van der Waals surface area contributed by atoms with Crippen LogP contribution >= 0.6 is 0 Å². The summed E-state index contributed by atoms with van der Waals surface area (Å²) in [7, 11) is 1.44. The van der Waals surface area contributed by atoms with Crippen LogP contribution in [-0.2, 0) is 11.3 Å². The van der Waals surface area contributed by atoms with Crippen molar-refractivity contribution in [3.05, 3.63) is 69.6 Å². The number of ether oxygens (including phenoxy) is 1. The Bertz CT molecular complexity index is 1160. The highest BCUT2D eigenvalue weighted by atomic mass is 16.6. The first kappa shape index (κ1) is 23.5. The van der Waals surface area contributed by atoms with Crippen LogP contribution in [0.2, 0.25) is 0 Å². The molecule has 4 rings (SSSR count). The average molecular weight is 467 g/mol. The van der Waals surface area contributed by atoms with Gasteiger partial charge in [-0.05, 0) is 32.4 Å². The monoisotopic (exact) mass is 466 g/mol. The molecule has 3 atom stereocenters. The molecule has 2 fully saturated rings. The summed E-state index contributed by atoms with van der Waals surface area (Å²) in [5.41, 5.74) is 0.0179. The second-order valence-electron chi connectivity index (χ2n) is 9.85. The number of fused-ring (bicyclic) bond motifs is 1. The van der Waals surface area contributed by atoms with Crippen LogP contribution in [-0.4, -0.2) is 59.2 Å². The van der Waals surface area contributed by atoms with Crippen molar-refractivity contribution in [2.75, 3.05) is 20.1 Å². The summed E-state index contributed by atoms with van der Waals surface area (Å²) in [6.45, 7) is 6.78.